The van der Waals surface area contributed by atoms with Gasteiger partial charge in [-0.15, -0.1) is 29.1 Å². The van der Waals surface area contributed by atoms with Crippen molar-refractivity contribution in [1.29, 1.82) is 0 Å². The fourth-order valence-electron chi connectivity index (χ4n) is 5.19. The minimum Gasteiger partial charge on any atom is -0.335 e. The van der Waals surface area contributed by atoms with Crippen molar-refractivity contribution < 1.29 is 0 Å². The molecule has 0 radical (unpaired) electrons. The molecule has 0 fully saturated rings. The zero-order valence-corrected chi connectivity index (χ0v) is 19.8. The average molecular weight is 471 g/mol. The van der Waals surface area contributed by atoms with Gasteiger partial charge in [0, 0.05) is 64.7 Å². The number of aliphatic imine (C=N–C) groups is 1. The molecule has 0 N–H and O–H groups in total. The van der Waals surface area contributed by atoms with Crippen LogP contribution in [0.15, 0.2) is 90.1 Å². The fraction of sp³-hybridized carbons (Fsp3) is 0.0333. The van der Waals surface area contributed by atoms with Crippen molar-refractivity contribution in [3.8, 4) is 12.3 Å². The van der Waals surface area contributed by atoms with Gasteiger partial charge in [0.15, 0.2) is 0 Å². The third kappa shape index (κ3) is 2.66. The van der Waals surface area contributed by atoms with Gasteiger partial charge in [-0.3, -0.25) is 4.99 Å². The zero-order chi connectivity index (χ0) is 22.6. The molecule has 160 valence electrons. The van der Waals surface area contributed by atoms with Gasteiger partial charge in [0.1, 0.15) is 0 Å². The van der Waals surface area contributed by atoms with Crippen LogP contribution in [0.5, 0.6) is 0 Å². The Labute approximate surface area is 204 Å². The molecule has 0 aliphatic heterocycles. The first-order valence-electron chi connectivity index (χ1n) is 11.1. The Balaban J connectivity index is 1.74. The van der Waals surface area contributed by atoms with Crippen LogP contribution in [-0.2, 0) is 6.54 Å². The second kappa shape index (κ2) is 7.56. The summed E-state index contributed by atoms with van der Waals surface area (Å²) in [5.74, 6) is 2.45. The van der Waals surface area contributed by atoms with Crippen molar-refractivity contribution in [2.45, 2.75) is 6.54 Å². The third-order valence-electron chi connectivity index (χ3n) is 6.48. The van der Waals surface area contributed by atoms with Crippen LogP contribution in [0, 0.1) is 12.3 Å². The average Bonchev–Trinajstić information content (AvgIpc) is 3.53. The number of para-hydroxylation sites is 1. The Bertz CT molecular complexity index is 2000. The van der Waals surface area contributed by atoms with E-state index in [1.807, 2.05) is 22.7 Å². The minimum atomic E-state index is 0.728. The zero-order valence-electron chi connectivity index (χ0n) is 18.2. The predicted octanol–water partition coefficient (Wildman–Crippen LogP) is 8.75. The number of terminal acetylenes is 1. The van der Waals surface area contributed by atoms with Crippen LogP contribution < -0.4 is 0 Å². The largest absolute Gasteiger partial charge is 0.335 e. The molecule has 7 aromatic rings. The van der Waals surface area contributed by atoms with Crippen LogP contribution in [0.3, 0.4) is 0 Å². The maximum Gasteiger partial charge on any atom is 0.0763 e. The highest BCUT2D eigenvalue weighted by Crippen LogP contribution is 2.51. The van der Waals surface area contributed by atoms with Crippen LogP contribution in [0.4, 0.5) is 0 Å². The normalized spacial score (nSPS) is 12.6. The molecule has 0 atom stereocenters. The van der Waals surface area contributed by atoms with Gasteiger partial charge in [-0.2, -0.15) is 0 Å². The van der Waals surface area contributed by atoms with Gasteiger partial charge in [-0.25, -0.2) is 0 Å². The molecule has 0 saturated heterocycles. The maximum absolute atomic E-state index is 5.30. The highest BCUT2D eigenvalue weighted by molar-refractivity contribution is 7.29. The van der Waals surface area contributed by atoms with E-state index < -0.39 is 0 Å². The minimum absolute atomic E-state index is 0.728. The van der Waals surface area contributed by atoms with Crippen LogP contribution in [-0.4, -0.2) is 10.8 Å². The fourth-order valence-corrected chi connectivity index (χ4v) is 7.73. The number of nitrogens with zero attached hydrogens (tertiary/aromatic N) is 2. The maximum atomic E-state index is 5.30. The third-order valence-corrected chi connectivity index (χ3v) is 8.85. The van der Waals surface area contributed by atoms with Crippen molar-refractivity contribution in [1.82, 2.24) is 4.57 Å². The molecule has 0 aliphatic carbocycles. The van der Waals surface area contributed by atoms with E-state index in [0.29, 0.717) is 0 Å². The van der Waals surface area contributed by atoms with Gasteiger partial charge in [-0.1, -0.05) is 60.5 Å². The van der Waals surface area contributed by atoms with Crippen LogP contribution in [0.25, 0.3) is 62.2 Å². The Morgan fingerprint density at radius 2 is 1.38 bits per heavy atom. The van der Waals surface area contributed by atoms with Crippen molar-refractivity contribution in [3.05, 3.63) is 85.1 Å². The lowest BCUT2D eigenvalue weighted by Gasteiger charge is -2.06. The van der Waals surface area contributed by atoms with Gasteiger partial charge in [0.05, 0.1) is 16.4 Å². The Kier molecular flexibility index (Phi) is 4.35. The molecule has 4 heteroatoms. The monoisotopic (exact) mass is 470 g/mol. The quantitative estimate of drug-likeness (QED) is 0.181. The van der Waals surface area contributed by atoms with Gasteiger partial charge >= 0.3 is 0 Å². The first kappa shape index (κ1) is 19.5. The first-order valence-corrected chi connectivity index (χ1v) is 12.8. The molecule has 0 bridgehead atoms. The molecule has 0 spiro atoms. The molecule has 0 amide bonds. The topological polar surface area (TPSA) is 17.3 Å². The number of benzene rings is 4. The molecule has 4 aromatic carbocycles. The molecule has 0 saturated carbocycles. The van der Waals surface area contributed by atoms with Crippen LogP contribution in [0.1, 0.15) is 0 Å². The van der Waals surface area contributed by atoms with Gasteiger partial charge in [0.2, 0.25) is 0 Å². The summed E-state index contributed by atoms with van der Waals surface area (Å²) in [6.45, 7) is 0.728. The number of allylic oxidation sites excluding steroid dienone is 1. The molecule has 7 rings (SSSR count). The smallest absolute Gasteiger partial charge is 0.0763 e. The lowest BCUT2D eigenvalue weighted by molar-refractivity contribution is 0.900. The van der Waals surface area contributed by atoms with E-state index in [1.165, 1.54) is 68.4 Å². The molecular formula is C30H18N2S2. The van der Waals surface area contributed by atoms with Gasteiger partial charge in [-0.05, 0) is 24.3 Å². The Morgan fingerprint density at radius 1 is 0.765 bits per heavy atom. The summed E-state index contributed by atoms with van der Waals surface area (Å²) in [5.41, 5.74) is 2.55. The number of rotatable bonds is 3. The Hall–Kier alpha value is -3.91. The summed E-state index contributed by atoms with van der Waals surface area (Å²) in [6.07, 6.45) is 10.7. The molecule has 0 aliphatic rings. The van der Waals surface area contributed by atoms with Crippen molar-refractivity contribution >= 4 is 91.0 Å². The predicted molar refractivity (Wildman–Crippen MR) is 152 cm³/mol. The standard InChI is InChI=1S/C30H18N2S2/c1-2-16-31-17-9-18-32-22-13-6-3-10-19(22)27-28(32)30-26(21-12-5-8-15-24(21)34-30)25-20-11-4-7-14-23(20)33-29(25)27/h1,3-17H,18H2/b17-9-,31-16?. The summed E-state index contributed by atoms with van der Waals surface area (Å²) in [5, 5.41) is 8.10. The number of hydrogen-bond acceptors (Lipinski definition) is 3. The number of aromatic nitrogens is 1. The van der Waals surface area contributed by atoms with E-state index in [-0.39, 0.29) is 0 Å². The molecule has 0 unspecified atom stereocenters. The first-order chi connectivity index (χ1) is 16.9. The second-order valence-electron chi connectivity index (χ2n) is 8.29. The lowest BCUT2D eigenvalue weighted by Crippen LogP contribution is -1.94. The van der Waals surface area contributed by atoms with Gasteiger partial charge < -0.3 is 4.57 Å². The van der Waals surface area contributed by atoms with E-state index in [1.54, 1.807) is 6.20 Å². The van der Waals surface area contributed by atoms with E-state index in [4.69, 9.17) is 6.42 Å². The SMILES string of the molecule is C#CC=N/C=C\Cn1c2ccccc2c2c3sc4ccccc4c3c3c4ccccc4sc3c21. The molecular weight excluding hydrogens is 452 g/mol. The van der Waals surface area contributed by atoms with Crippen LogP contribution in [0.2, 0.25) is 0 Å². The summed E-state index contributed by atoms with van der Waals surface area (Å²) >= 11 is 3.81. The Morgan fingerprint density at radius 3 is 2.12 bits per heavy atom. The molecule has 3 aromatic heterocycles. The number of fused-ring (bicyclic) bond motifs is 12. The highest BCUT2D eigenvalue weighted by Gasteiger charge is 2.22. The molecule has 34 heavy (non-hydrogen) atoms. The number of thiophene rings is 2. The van der Waals surface area contributed by atoms with E-state index in [2.05, 4.69) is 94.4 Å². The highest BCUT2D eigenvalue weighted by atomic mass is 32.1. The van der Waals surface area contributed by atoms with Crippen molar-refractivity contribution in [2.75, 3.05) is 0 Å². The second-order valence-corrected chi connectivity index (χ2v) is 10.4. The summed E-state index contributed by atoms with van der Waals surface area (Å²) < 4.78 is 7.82. The summed E-state index contributed by atoms with van der Waals surface area (Å²) in [7, 11) is 0. The van der Waals surface area contributed by atoms with E-state index in [9.17, 15) is 0 Å². The van der Waals surface area contributed by atoms with Gasteiger partial charge in [0.25, 0.3) is 0 Å². The van der Waals surface area contributed by atoms with E-state index >= 15 is 0 Å². The summed E-state index contributed by atoms with van der Waals surface area (Å²) in [4.78, 5) is 4.17. The van der Waals surface area contributed by atoms with Crippen molar-refractivity contribution in [3.63, 3.8) is 0 Å². The molecule has 2 nitrogen and oxygen atoms in total. The van der Waals surface area contributed by atoms with E-state index in [0.717, 1.165) is 6.54 Å². The lowest BCUT2D eigenvalue weighted by atomic mass is 10.0. The van der Waals surface area contributed by atoms with Crippen molar-refractivity contribution in [2.24, 2.45) is 4.99 Å². The summed E-state index contributed by atoms with van der Waals surface area (Å²) in [6, 6.07) is 26.4. The van der Waals surface area contributed by atoms with Crippen LogP contribution >= 0.6 is 22.7 Å². The molecule has 3 heterocycles. The number of hydrogen-bond donors (Lipinski definition) is 0.